The zero-order valence-corrected chi connectivity index (χ0v) is 17.2. The van der Waals surface area contributed by atoms with E-state index >= 15 is 0 Å². The lowest BCUT2D eigenvalue weighted by atomic mass is 10.0. The van der Waals surface area contributed by atoms with Crippen LogP contribution in [0.25, 0.3) is 10.8 Å². The number of nitrogens with one attached hydrogen (secondary N) is 1. The molecule has 0 radical (unpaired) electrons. The molecule has 3 aromatic carbocycles. The van der Waals surface area contributed by atoms with E-state index in [1.54, 1.807) is 0 Å². The average molecular weight is 414 g/mol. The number of hydrazone groups is 1. The second kappa shape index (κ2) is 8.83. The molecule has 3 rings (SSSR count). The van der Waals surface area contributed by atoms with Gasteiger partial charge in [-0.3, -0.25) is 0 Å². The predicted molar refractivity (Wildman–Crippen MR) is 113 cm³/mol. The summed E-state index contributed by atoms with van der Waals surface area (Å²) in [6, 6.07) is 15.9. The number of sulfonamides is 1. The molecule has 0 saturated heterocycles. The van der Waals surface area contributed by atoms with Crippen LogP contribution in [-0.4, -0.2) is 35.5 Å². The minimum atomic E-state index is -3.89. The van der Waals surface area contributed by atoms with Crippen LogP contribution < -0.4 is 19.0 Å². The van der Waals surface area contributed by atoms with Crippen molar-refractivity contribution in [3.8, 4) is 17.2 Å². The van der Waals surface area contributed by atoms with Gasteiger partial charge in [0.1, 0.15) is 5.75 Å². The van der Waals surface area contributed by atoms with E-state index in [1.165, 1.54) is 38.6 Å². The van der Waals surface area contributed by atoms with Crippen LogP contribution >= 0.6 is 0 Å². The van der Waals surface area contributed by atoms with Crippen molar-refractivity contribution in [2.75, 3.05) is 20.8 Å². The zero-order valence-electron chi connectivity index (χ0n) is 16.4. The molecule has 0 aromatic heterocycles. The van der Waals surface area contributed by atoms with Crippen molar-refractivity contribution in [3.05, 3.63) is 60.2 Å². The highest BCUT2D eigenvalue weighted by Crippen LogP contribution is 2.29. The Bertz CT molecular complexity index is 1140. The average Bonchev–Trinajstić information content (AvgIpc) is 2.74. The summed E-state index contributed by atoms with van der Waals surface area (Å²) in [6.45, 7) is 2.37. The van der Waals surface area contributed by atoms with Crippen molar-refractivity contribution in [2.24, 2.45) is 5.10 Å². The van der Waals surface area contributed by atoms with Gasteiger partial charge in [-0.2, -0.15) is 13.5 Å². The van der Waals surface area contributed by atoms with E-state index in [1.807, 2.05) is 43.3 Å². The molecule has 0 aliphatic rings. The Kier molecular flexibility index (Phi) is 6.23. The quantitative estimate of drug-likeness (QED) is 0.450. The minimum Gasteiger partial charge on any atom is -0.493 e. The number of nitrogens with zero attached hydrogens (tertiary/aromatic N) is 1. The molecule has 0 unspecified atom stereocenters. The maximum Gasteiger partial charge on any atom is 0.276 e. The molecule has 0 fully saturated rings. The molecule has 1 N–H and O–H groups in total. The van der Waals surface area contributed by atoms with Gasteiger partial charge in [-0.1, -0.05) is 30.3 Å². The summed E-state index contributed by atoms with van der Waals surface area (Å²) >= 11 is 0. The van der Waals surface area contributed by atoms with Crippen LogP contribution in [0.5, 0.6) is 17.2 Å². The van der Waals surface area contributed by atoms with Crippen molar-refractivity contribution in [1.82, 2.24) is 4.83 Å². The highest BCUT2D eigenvalue weighted by atomic mass is 32.2. The molecule has 0 heterocycles. The topological polar surface area (TPSA) is 86.2 Å². The summed E-state index contributed by atoms with van der Waals surface area (Å²) in [5.74, 6) is 1.37. The highest BCUT2D eigenvalue weighted by molar-refractivity contribution is 7.89. The standard InChI is InChI=1S/C21H22N2O5S/c1-4-28-19-11-9-15-7-5-6-8-17(15)18(19)14-22-23-29(24,25)16-10-12-20(26-2)21(13-16)27-3/h5-14,23H,4H2,1-3H3/b22-14+. The maximum absolute atomic E-state index is 12.6. The molecule has 0 saturated carbocycles. The molecule has 152 valence electrons. The fourth-order valence-electron chi connectivity index (χ4n) is 2.89. The first-order valence-electron chi connectivity index (χ1n) is 8.91. The van der Waals surface area contributed by atoms with Crippen LogP contribution in [0.3, 0.4) is 0 Å². The largest absolute Gasteiger partial charge is 0.493 e. The maximum atomic E-state index is 12.6. The van der Waals surface area contributed by atoms with Gasteiger partial charge in [-0.25, -0.2) is 4.83 Å². The van der Waals surface area contributed by atoms with Crippen molar-refractivity contribution in [1.29, 1.82) is 0 Å². The smallest absolute Gasteiger partial charge is 0.276 e. The molecule has 7 nitrogen and oxygen atoms in total. The summed E-state index contributed by atoms with van der Waals surface area (Å²) in [5.41, 5.74) is 0.694. The molecule has 0 aliphatic heterocycles. The molecule has 0 atom stereocenters. The third kappa shape index (κ3) is 4.43. The van der Waals surface area contributed by atoms with Crippen molar-refractivity contribution >= 4 is 27.0 Å². The van der Waals surface area contributed by atoms with Gasteiger partial charge in [0.05, 0.1) is 31.9 Å². The Hall–Kier alpha value is -3.26. The van der Waals surface area contributed by atoms with Crippen molar-refractivity contribution < 1.29 is 22.6 Å². The lowest BCUT2D eigenvalue weighted by molar-refractivity contribution is 0.340. The molecule has 29 heavy (non-hydrogen) atoms. The van der Waals surface area contributed by atoms with E-state index in [0.717, 1.165) is 10.8 Å². The lowest BCUT2D eigenvalue weighted by Gasteiger charge is -2.11. The number of fused-ring (bicyclic) bond motifs is 1. The number of hydrogen-bond donors (Lipinski definition) is 1. The van der Waals surface area contributed by atoms with Crippen LogP contribution in [-0.2, 0) is 10.0 Å². The normalized spacial score (nSPS) is 11.6. The van der Waals surface area contributed by atoms with E-state index < -0.39 is 10.0 Å². The number of ether oxygens (including phenoxy) is 3. The van der Waals surface area contributed by atoms with Gasteiger partial charge in [-0.05, 0) is 35.9 Å². The van der Waals surface area contributed by atoms with Crippen molar-refractivity contribution in [2.45, 2.75) is 11.8 Å². The van der Waals surface area contributed by atoms with E-state index in [0.29, 0.717) is 29.4 Å². The summed E-state index contributed by atoms with van der Waals surface area (Å²) < 4.78 is 41.2. The number of hydrogen-bond acceptors (Lipinski definition) is 6. The number of benzene rings is 3. The lowest BCUT2D eigenvalue weighted by Crippen LogP contribution is -2.18. The predicted octanol–water partition coefficient (Wildman–Crippen LogP) is 3.57. The van der Waals surface area contributed by atoms with Gasteiger partial charge in [0.25, 0.3) is 10.0 Å². The van der Waals surface area contributed by atoms with Gasteiger partial charge < -0.3 is 14.2 Å². The number of rotatable bonds is 8. The second-order valence-corrected chi connectivity index (χ2v) is 7.66. The summed E-state index contributed by atoms with van der Waals surface area (Å²) in [4.78, 5) is 2.25. The zero-order chi connectivity index (χ0) is 20.9. The van der Waals surface area contributed by atoms with Gasteiger partial charge in [0.2, 0.25) is 0 Å². The fourth-order valence-corrected chi connectivity index (χ4v) is 3.69. The SMILES string of the molecule is CCOc1ccc2ccccc2c1/C=N/NS(=O)(=O)c1ccc(OC)c(OC)c1. The molecule has 0 bridgehead atoms. The third-order valence-corrected chi connectivity index (χ3v) is 5.48. The summed E-state index contributed by atoms with van der Waals surface area (Å²) in [7, 11) is -0.970. The Morgan fingerprint density at radius 2 is 1.69 bits per heavy atom. The van der Waals surface area contributed by atoms with Crippen LogP contribution in [0.2, 0.25) is 0 Å². The van der Waals surface area contributed by atoms with E-state index in [9.17, 15) is 8.42 Å². The van der Waals surface area contributed by atoms with Gasteiger partial charge in [-0.15, -0.1) is 0 Å². The van der Waals surface area contributed by atoms with E-state index in [4.69, 9.17) is 14.2 Å². The van der Waals surface area contributed by atoms with Gasteiger partial charge in [0, 0.05) is 11.6 Å². The molecule has 0 amide bonds. The Morgan fingerprint density at radius 1 is 0.966 bits per heavy atom. The molecular formula is C21H22N2O5S. The van der Waals surface area contributed by atoms with Crippen molar-refractivity contribution in [3.63, 3.8) is 0 Å². The highest BCUT2D eigenvalue weighted by Gasteiger charge is 2.16. The van der Waals surface area contributed by atoms with Gasteiger partial charge in [0.15, 0.2) is 11.5 Å². The van der Waals surface area contributed by atoms with Gasteiger partial charge >= 0.3 is 0 Å². The third-order valence-electron chi connectivity index (χ3n) is 4.26. The Balaban J connectivity index is 1.92. The summed E-state index contributed by atoms with van der Waals surface area (Å²) in [5, 5.41) is 5.88. The minimum absolute atomic E-state index is 0.00949. The van der Waals surface area contributed by atoms with Crippen LogP contribution in [0.1, 0.15) is 12.5 Å². The first-order chi connectivity index (χ1) is 14.0. The van der Waals surface area contributed by atoms with Crippen LogP contribution in [0, 0.1) is 0 Å². The van der Waals surface area contributed by atoms with E-state index in [-0.39, 0.29) is 4.90 Å². The Labute approximate surface area is 170 Å². The Morgan fingerprint density at radius 3 is 2.41 bits per heavy atom. The van der Waals surface area contributed by atoms with Crippen LogP contribution in [0.15, 0.2) is 64.6 Å². The van der Waals surface area contributed by atoms with Crippen LogP contribution in [0.4, 0.5) is 0 Å². The monoisotopic (exact) mass is 414 g/mol. The second-order valence-electron chi connectivity index (χ2n) is 6.00. The first kappa shape index (κ1) is 20.5. The number of methoxy groups -OCH3 is 2. The summed E-state index contributed by atoms with van der Waals surface area (Å²) in [6.07, 6.45) is 1.45. The fraction of sp³-hybridized carbons (Fsp3) is 0.190. The molecule has 0 spiro atoms. The van der Waals surface area contributed by atoms with E-state index in [2.05, 4.69) is 9.93 Å². The molecule has 3 aromatic rings. The molecular weight excluding hydrogens is 392 g/mol. The first-order valence-corrected chi connectivity index (χ1v) is 10.4. The molecule has 0 aliphatic carbocycles. The molecule has 8 heteroatoms.